The quantitative estimate of drug-likeness (QED) is 0.442. The number of nitrogens with zero attached hydrogens (tertiary/aromatic N) is 2. The summed E-state index contributed by atoms with van der Waals surface area (Å²) >= 11 is 12.0. The van der Waals surface area contributed by atoms with Crippen molar-refractivity contribution in [3.05, 3.63) is 105 Å². The number of hydrogen-bond donors (Lipinski definition) is 2. The van der Waals surface area contributed by atoms with Gasteiger partial charge >= 0.3 is 0 Å². The third kappa shape index (κ3) is 4.99. The normalized spacial score (nSPS) is 12.0. The molecular formula is C24H19Cl2N3O3. The molecular weight excluding hydrogens is 449 g/mol. The van der Waals surface area contributed by atoms with Crippen LogP contribution in [0.15, 0.2) is 77.9 Å². The van der Waals surface area contributed by atoms with E-state index in [1.54, 1.807) is 36.4 Å². The molecule has 162 valence electrons. The number of aliphatic hydroxyl groups excluding tert-OH is 1. The number of halogens is 2. The molecule has 0 aliphatic carbocycles. The number of anilines is 1. The monoisotopic (exact) mass is 467 g/mol. The zero-order chi connectivity index (χ0) is 22.7. The molecule has 0 spiro atoms. The number of amides is 1. The Balaban J connectivity index is 1.54. The molecule has 3 aromatic carbocycles. The van der Waals surface area contributed by atoms with Gasteiger partial charge in [0.05, 0.1) is 33.8 Å². The summed E-state index contributed by atoms with van der Waals surface area (Å²) in [4.78, 5) is 29.8. The number of carbonyl (C=O) groups excluding carboxylic acids is 1. The second kappa shape index (κ2) is 9.53. The number of aromatic nitrogens is 2. The zero-order valence-corrected chi connectivity index (χ0v) is 18.3. The van der Waals surface area contributed by atoms with Crippen molar-refractivity contribution < 1.29 is 9.90 Å². The molecule has 0 radical (unpaired) electrons. The number of fused-ring (bicyclic) bond motifs is 1. The summed E-state index contributed by atoms with van der Waals surface area (Å²) in [5, 5.41) is 14.1. The molecule has 0 bridgehead atoms. The van der Waals surface area contributed by atoms with Crippen LogP contribution in [0.2, 0.25) is 10.0 Å². The molecule has 32 heavy (non-hydrogen) atoms. The van der Waals surface area contributed by atoms with Gasteiger partial charge in [0.2, 0.25) is 0 Å². The topological polar surface area (TPSA) is 84.2 Å². The van der Waals surface area contributed by atoms with E-state index in [9.17, 15) is 14.7 Å². The van der Waals surface area contributed by atoms with Crippen LogP contribution in [0.25, 0.3) is 10.9 Å². The number of benzene rings is 3. The Kier molecular flexibility index (Phi) is 6.55. The fourth-order valence-corrected chi connectivity index (χ4v) is 3.66. The second-order valence-electron chi connectivity index (χ2n) is 7.35. The first-order chi connectivity index (χ1) is 15.4. The first-order valence-electron chi connectivity index (χ1n) is 9.87. The van der Waals surface area contributed by atoms with Gasteiger partial charge < -0.3 is 10.4 Å². The molecule has 0 fully saturated rings. The third-order valence-corrected chi connectivity index (χ3v) is 5.74. The van der Waals surface area contributed by atoms with Crippen molar-refractivity contribution in [2.75, 3.05) is 5.32 Å². The van der Waals surface area contributed by atoms with E-state index in [0.717, 1.165) is 11.1 Å². The summed E-state index contributed by atoms with van der Waals surface area (Å²) < 4.78 is 1.46. The Labute approximate surface area is 194 Å². The van der Waals surface area contributed by atoms with Gasteiger partial charge in [0, 0.05) is 12.1 Å². The highest BCUT2D eigenvalue weighted by atomic mass is 35.5. The Morgan fingerprint density at radius 3 is 2.53 bits per heavy atom. The van der Waals surface area contributed by atoms with Crippen molar-refractivity contribution in [3.8, 4) is 0 Å². The van der Waals surface area contributed by atoms with E-state index in [0.29, 0.717) is 26.6 Å². The Hall–Kier alpha value is -3.19. The van der Waals surface area contributed by atoms with Gasteiger partial charge in [-0.25, -0.2) is 4.98 Å². The van der Waals surface area contributed by atoms with Crippen LogP contribution in [0.1, 0.15) is 11.1 Å². The van der Waals surface area contributed by atoms with E-state index in [1.807, 2.05) is 30.3 Å². The fraction of sp³-hybridized carbons (Fsp3) is 0.125. The van der Waals surface area contributed by atoms with Gasteiger partial charge in [0.15, 0.2) is 0 Å². The lowest BCUT2D eigenvalue weighted by Crippen LogP contribution is -2.29. The highest BCUT2D eigenvalue weighted by molar-refractivity contribution is 6.42. The molecule has 0 aliphatic rings. The van der Waals surface area contributed by atoms with Gasteiger partial charge in [-0.05, 0) is 41.5 Å². The molecule has 1 amide bonds. The van der Waals surface area contributed by atoms with Gasteiger partial charge in [-0.1, -0.05) is 59.6 Å². The second-order valence-corrected chi connectivity index (χ2v) is 8.17. The lowest BCUT2D eigenvalue weighted by atomic mass is 10.1. The Morgan fingerprint density at radius 1 is 1.00 bits per heavy atom. The fourth-order valence-electron chi connectivity index (χ4n) is 3.34. The first kappa shape index (κ1) is 22.0. The molecule has 4 rings (SSSR count). The van der Waals surface area contributed by atoms with E-state index >= 15 is 0 Å². The summed E-state index contributed by atoms with van der Waals surface area (Å²) in [5.41, 5.74) is 2.30. The number of carbonyl (C=O) groups is 1. The zero-order valence-electron chi connectivity index (χ0n) is 16.8. The van der Waals surface area contributed by atoms with E-state index in [1.165, 1.54) is 10.9 Å². The summed E-state index contributed by atoms with van der Waals surface area (Å²) in [6.45, 7) is 0.269. The molecule has 0 saturated heterocycles. The minimum absolute atomic E-state index is 0.193. The van der Waals surface area contributed by atoms with Gasteiger partial charge in [-0.2, -0.15) is 0 Å². The van der Waals surface area contributed by atoms with Crippen molar-refractivity contribution in [2.45, 2.75) is 19.1 Å². The minimum atomic E-state index is -1.21. The summed E-state index contributed by atoms with van der Waals surface area (Å²) in [7, 11) is 0. The number of aliphatic hydroxyl groups is 1. The van der Waals surface area contributed by atoms with Crippen molar-refractivity contribution in [3.63, 3.8) is 0 Å². The van der Waals surface area contributed by atoms with Crippen LogP contribution >= 0.6 is 23.2 Å². The van der Waals surface area contributed by atoms with Crippen molar-refractivity contribution in [1.82, 2.24) is 9.55 Å². The average Bonchev–Trinajstić information content (AvgIpc) is 2.79. The van der Waals surface area contributed by atoms with Crippen LogP contribution in [0, 0.1) is 0 Å². The van der Waals surface area contributed by atoms with Crippen molar-refractivity contribution >= 4 is 45.7 Å². The van der Waals surface area contributed by atoms with Gasteiger partial charge in [-0.3, -0.25) is 14.2 Å². The lowest BCUT2D eigenvalue weighted by Gasteiger charge is -2.12. The van der Waals surface area contributed by atoms with E-state index in [-0.39, 0.29) is 18.5 Å². The van der Waals surface area contributed by atoms with Crippen LogP contribution < -0.4 is 10.9 Å². The van der Waals surface area contributed by atoms with Gasteiger partial charge in [-0.15, -0.1) is 0 Å². The van der Waals surface area contributed by atoms with Crippen LogP contribution in [0.4, 0.5) is 5.69 Å². The maximum absolute atomic E-state index is 13.0. The summed E-state index contributed by atoms with van der Waals surface area (Å²) in [6, 6.07) is 19.3. The molecule has 0 unspecified atom stereocenters. The SMILES string of the molecule is O=C(Nc1ccc2ncn(Cc3ccc(Cl)c(Cl)c3)c(=O)c2c1)[C@H](O)Cc1ccccc1. The molecule has 6 nitrogen and oxygen atoms in total. The molecule has 8 heteroatoms. The van der Waals surface area contributed by atoms with Gasteiger partial charge in [0.25, 0.3) is 11.5 Å². The minimum Gasteiger partial charge on any atom is -0.383 e. The molecule has 0 saturated carbocycles. The van der Waals surface area contributed by atoms with Crippen molar-refractivity contribution in [1.29, 1.82) is 0 Å². The number of rotatable bonds is 6. The van der Waals surface area contributed by atoms with Crippen LogP contribution in [-0.2, 0) is 17.8 Å². The predicted molar refractivity (Wildman–Crippen MR) is 126 cm³/mol. The average molecular weight is 468 g/mol. The maximum Gasteiger partial charge on any atom is 0.261 e. The molecule has 1 aromatic heterocycles. The van der Waals surface area contributed by atoms with Crippen LogP contribution in [0.5, 0.6) is 0 Å². The lowest BCUT2D eigenvalue weighted by molar-refractivity contribution is -0.123. The van der Waals surface area contributed by atoms with E-state index in [4.69, 9.17) is 23.2 Å². The Bertz CT molecular complexity index is 1340. The van der Waals surface area contributed by atoms with E-state index in [2.05, 4.69) is 10.3 Å². The molecule has 2 N–H and O–H groups in total. The summed E-state index contributed by atoms with van der Waals surface area (Å²) in [6.07, 6.45) is 0.446. The maximum atomic E-state index is 13.0. The van der Waals surface area contributed by atoms with Gasteiger partial charge in [0.1, 0.15) is 6.10 Å². The third-order valence-electron chi connectivity index (χ3n) is 5.00. The van der Waals surface area contributed by atoms with Crippen LogP contribution in [-0.4, -0.2) is 26.7 Å². The largest absolute Gasteiger partial charge is 0.383 e. The number of nitrogens with one attached hydrogen (secondary N) is 1. The molecule has 1 heterocycles. The predicted octanol–water partition coefficient (Wildman–Crippen LogP) is 4.29. The molecule has 1 atom stereocenters. The first-order valence-corrected chi connectivity index (χ1v) is 10.6. The standard InChI is InChI=1S/C24H19Cl2N3O3/c25-19-8-6-16(10-20(19)26)13-29-14-27-21-9-7-17(12-18(21)24(29)32)28-23(31)22(30)11-15-4-2-1-3-5-15/h1-10,12,14,22,30H,11,13H2,(H,28,31)/t22-/m1/s1. The Morgan fingerprint density at radius 2 is 1.78 bits per heavy atom. The molecule has 4 aromatic rings. The van der Waals surface area contributed by atoms with Crippen LogP contribution in [0.3, 0.4) is 0 Å². The molecule has 0 aliphatic heterocycles. The number of hydrogen-bond acceptors (Lipinski definition) is 4. The van der Waals surface area contributed by atoms with E-state index < -0.39 is 12.0 Å². The van der Waals surface area contributed by atoms with Crippen molar-refractivity contribution in [2.24, 2.45) is 0 Å². The highest BCUT2D eigenvalue weighted by Gasteiger charge is 2.16. The summed E-state index contributed by atoms with van der Waals surface area (Å²) in [5.74, 6) is -0.548. The smallest absolute Gasteiger partial charge is 0.261 e. The highest BCUT2D eigenvalue weighted by Crippen LogP contribution is 2.23.